The summed E-state index contributed by atoms with van der Waals surface area (Å²) in [4.78, 5) is 0. The maximum atomic E-state index is 2.36. The van der Waals surface area contributed by atoms with E-state index < -0.39 is 0 Å². The SMILES string of the molecule is CCCc1ccc(C2CCCCC2)cc1. The molecule has 0 atom stereocenters. The molecule has 1 aromatic rings. The second-order valence-corrected chi connectivity index (χ2v) is 4.83. The number of benzene rings is 1. The number of hydrogen-bond donors (Lipinski definition) is 0. The second-order valence-electron chi connectivity index (χ2n) is 4.83. The quantitative estimate of drug-likeness (QED) is 0.667. The molecule has 1 aliphatic carbocycles. The molecule has 82 valence electrons. The largest absolute Gasteiger partial charge is 0.0651 e. The Morgan fingerprint density at radius 3 is 2.27 bits per heavy atom. The van der Waals surface area contributed by atoms with Crippen molar-refractivity contribution in [2.75, 3.05) is 0 Å². The van der Waals surface area contributed by atoms with Crippen LogP contribution in [0.2, 0.25) is 0 Å². The smallest absolute Gasteiger partial charge is 0.0162 e. The standard InChI is InChI=1S/C15H22/c1-2-6-13-9-11-15(12-10-13)14-7-4-3-5-8-14/h9-12,14H,2-8H2,1H3. The molecule has 0 bridgehead atoms. The highest BCUT2D eigenvalue weighted by Gasteiger charge is 2.14. The Labute approximate surface area is 93.7 Å². The third kappa shape index (κ3) is 2.84. The van der Waals surface area contributed by atoms with Gasteiger partial charge in [0.2, 0.25) is 0 Å². The van der Waals surface area contributed by atoms with Gasteiger partial charge in [-0.2, -0.15) is 0 Å². The van der Waals surface area contributed by atoms with E-state index >= 15 is 0 Å². The minimum atomic E-state index is 0.856. The van der Waals surface area contributed by atoms with Crippen LogP contribution in [0.1, 0.15) is 62.5 Å². The van der Waals surface area contributed by atoms with Gasteiger partial charge in [0, 0.05) is 0 Å². The lowest BCUT2D eigenvalue weighted by Gasteiger charge is -2.22. The molecule has 0 unspecified atom stereocenters. The maximum Gasteiger partial charge on any atom is -0.0162 e. The summed E-state index contributed by atoms with van der Waals surface area (Å²) in [5.74, 6) is 0.856. The minimum Gasteiger partial charge on any atom is -0.0651 e. The summed E-state index contributed by atoms with van der Waals surface area (Å²) in [5, 5.41) is 0. The Hall–Kier alpha value is -0.780. The first-order valence-corrected chi connectivity index (χ1v) is 6.49. The van der Waals surface area contributed by atoms with Gasteiger partial charge in [0.1, 0.15) is 0 Å². The molecule has 0 aromatic heterocycles. The molecule has 0 N–H and O–H groups in total. The molecule has 0 saturated heterocycles. The molecule has 0 amide bonds. The monoisotopic (exact) mass is 202 g/mol. The fourth-order valence-electron chi connectivity index (χ4n) is 2.68. The van der Waals surface area contributed by atoms with Crippen molar-refractivity contribution in [3.05, 3.63) is 35.4 Å². The van der Waals surface area contributed by atoms with Crippen LogP contribution in [-0.2, 0) is 6.42 Å². The lowest BCUT2D eigenvalue weighted by molar-refractivity contribution is 0.443. The molecule has 1 saturated carbocycles. The number of rotatable bonds is 3. The topological polar surface area (TPSA) is 0 Å². The van der Waals surface area contributed by atoms with E-state index in [0.717, 1.165) is 5.92 Å². The average Bonchev–Trinajstić information content (AvgIpc) is 2.32. The Morgan fingerprint density at radius 1 is 1.00 bits per heavy atom. The third-order valence-corrected chi connectivity index (χ3v) is 3.59. The first-order valence-electron chi connectivity index (χ1n) is 6.49. The summed E-state index contributed by atoms with van der Waals surface area (Å²) >= 11 is 0. The van der Waals surface area contributed by atoms with Crippen LogP contribution in [-0.4, -0.2) is 0 Å². The van der Waals surface area contributed by atoms with E-state index in [-0.39, 0.29) is 0 Å². The molecule has 0 aliphatic heterocycles. The molecule has 2 rings (SSSR count). The summed E-state index contributed by atoms with van der Waals surface area (Å²) < 4.78 is 0. The van der Waals surface area contributed by atoms with Gasteiger partial charge in [0.05, 0.1) is 0 Å². The zero-order chi connectivity index (χ0) is 10.5. The fourth-order valence-corrected chi connectivity index (χ4v) is 2.68. The van der Waals surface area contributed by atoms with Crippen LogP contribution in [0.25, 0.3) is 0 Å². The van der Waals surface area contributed by atoms with Crippen molar-refractivity contribution >= 4 is 0 Å². The summed E-state index contributed by atoms with van der Waals surface area (Å²) in [6.45, 7) is 2.25. The molecule has 1 aromatic carbocycles. The van der Waals surface area contributed by atoms with Crippen molar-refractivity contribution in [1.82, 2.24) is 0 Å². The zero-order valence-electron chi connectivity index (χ0n) is 9.84. The molecule has 15 heavy (non-hydrogen) atoms. The Balaban J connectivity index is 2.02. The van der Waals surface area contributed by atoms with Crippen LogP contribution in [0.3, 0.4) is 0 Å². The predicted molar refractivity (Wildman–Crippen MR) is 66.3 cm³/mol. The highest BCUT2D eigenvalue weighted by molar-refractivity contribution is 5.25. The van der Waals surface area contributed by atoms with Crippen LogP contribution in [0, 0.1) is 0 Å². The first kappa shape index (κ1) is 10.7. The van der Waals surface area contributed by atoms with Crippen molar-refractivity contribution in [3.63, 3.8) is 0 Å². The van der Waals surface area contributed by atoms with Gasteiger partial charge < -0.3 is 0 Å². The van der Waals surface area contributed by atoms with E-state index in [1.807, 2.05) is 0 Å². The molecular weight excluding hydrogens is 180 g/mol. The van der Waals surface area contributed by atoms with E-state index in [4.69, 9.17) is 0 Å². The van der Waals surface area contributed by atoms with Crippen molar-refractivity contribution in [2.45, 2.75) is 57.8 Å². The van der Waals surface area contributed by atoms with Crippen LogP contribution in [0.15, 0.2) is 24.3 Å². The number of aryl methyl sites for hydroxylation is 1. The summed E-state index contributed by atoms with van der Waals surface area (Å²) in [7, 11) is 0. The van der Waals surface area contributed by atoms with Gasteiger partial charge in [0.15, 0.2) is 0 Å². The fraction of sp³-hybridized carbons (Fsp3) is 0.600. The molecule has 0 heterocycles. The second kappa shape index (κ2) is 5.34. The lowest BCUT2D eigenvalue weighted by Crippen LogP contribution is -2.04. The molecule has 1 aliphatic rings. The van der Waals surface area contributed by atoms with Gasteiger partial charge in [-0.25, -0.2) is 0 Å². The van der Waals surface area contributed by atoms with Crippen molar-refractivity contribution in [3.8, 4) is 0 Å². The van der Waals surface area contributed by atoms with Gasteiger partial charge in [-0.3, -0.25) is 0 Å². The first-order chi connectivity index (χ1) is 7.40. The Kier molecular flexibility index (Phi) is 3.82. The Bertz CT molecular complexity index is 277. The van der Waals surface area contributed by atoms with E-state index in [2.05, 4.69) is 31.2 Å². The van der Waals surface area contributed by atoms with Gasteiger partial charge in [-0.15, -0.1) is 0 Å². The summed E-state index contributed by atoms with van der Waals surface area (Å²) in [5.41, 5.74) is 3.08. The zero-order valence-corrected chi connectivity index (χ0v) is 9.84. The van der Waals surface area contributed by atoms with E-state index in [0.29, 0.717) is 0 Å². The molecular formula is C15H22. The summed E-state index contributed by atoms with van der Waals surface area (Å²) in [6, 6.07) is 9.38. The Morgan fingerprint density at radius 2 is 1.67 bits per heavy atom. The predicted octanol–water partition coefficient (Wildman–Crippen LogP) is 4.69. The summed E-state index contributed by atoms with van der Waals surface area (Å²) in [6.07, 6.45) is 9.61. The van der Waals surface area contributed by atoms with Crippen molar-refractivity contribution in [2.24, 2.45) is 0 Å². The van der Waals surface area contributed by atoms with E-state index in [1.54, 1.807) is 5.56 Å². The molecule has 0 heteroatoms. The van der Waals surface area contributed by atoms with Crippen LogP contribution >= 0.6 is 0 Å². The maximum absolute atomic E-state index is 2.36. The van der Waals surface area contributed by atoms with Crippen LogP contribution in [0.5, 0.6) is 0 Å². The minimum absolute atomic E-state index is 0.856. The van der Waals surface area contributed by atoms with Gasteiger partial charge >= 0.3 is 0 Å². The highest BCUT2D eigenvalue weighted by atomic mass is 14.2. The molecule has 1 fully saturated rings. The van der Waals surface area contributed by atoms with Gasteiger partial charge in [-0.1, -0.05) is 56.9 Å². The van der Waals surface area contributed by atoms with E-state index in [9.17, 15) is 0 Å². The van der Waals surface area contributed by atoms with Crippen molar-refractivity contribution < 1.29 is 0 Å². The highest BCUT2D eigenvalue weighted by Crippen LogP contribution is 2.32. The molecule has 0 nitrogen and oxygen atoms in total. The average molecular weight is 202 g/mol. The van der Waals surface area contributed by atoms with Gasteiger partial charge in [-0.05, 0) is 36.3 Å². The van der Waals surface area contributed by atoms with Crippen LogP contribution < -0.4 is 0 Å². The van der Waals surface area contributed by atoms with Gasteiger partial charge in [0.25, 0.3) is 0 Å². The van der Waals surface area contributed by atoms with Crippen molar-refractivity contribution in [1.29, 1.82) is 0 Å². The normalized spacial score (nSPS) is 17.9. The molecule has 0 radical (unpaired) electrons. The lowest BCUT2D eigenvalue weighted by atomic mass is 9.84. The molecule has 0 spiro atoms. The number of hydrogen-bond acceptors (Lipinski definition) is 0. The van der Waals surface area contributed by atoms with Crippen LogP contribution in [0.4, 0.5) is 0 Å². The third-order valence-electron chi connectivity index (χ3n) is 3.59. The van der Waals surface area contributed by atoms with E-state index in [1.165, 1.54) is 50.5 Å².